The number of hydrogen-bond donors (Lipinski definition) is 2. The van der Waals surface area contributed by atoms with Gasteiger partial charge in [-0.25, -0.2) is 4.79 Å². The number of amides is 2. The summed E-state index contributed by atoms with van der Waals surface area (Å²) in [6, 6.07) is 2.94. The molecule has 1 atom stereocenters. The second kappa shape index (κ2) is 5.24. The number of aromatic carboxylic acids is 1. The molecule has 1 aromatic heterocycles. The third-order valence-electron chi connectivity index (χ3n) is 3.56. The van der Waals surface area contributed by atoms with Gasteiger partial charge in [0.1, 0.15) is 4.88 Å². The molecule has 1 aromatic rings. The first kappa shape index (κ1) is 14.5. The van der Waals surface area contributed by atoms with Gasteiger partial charge in [0, 0.05) is 20.1 Å². The Bertz CT molecular complexity index is 568. The summed E-state index contributed by atoms with van der Waals surface area (Å²) in [6.45, 7) is 2.69. The Labute approximate surface area is 120 Å². The number of carboxylic acid groups (broad SMARTS) is 1. The van der Waals surface area contributed by atoms with Gasteiger partial charge in [0.05, 0.1) is 10.3 Å². The number of rotatable bonds is 3. The van der Waals surface area contributed by atoms with Gasteiger partial charge in [-0.3, -0.25) is 9.59 Å². The van der Waals surface area contributed by atoms with Gasteiger partial charge in [-0.2, -0.15) is 0 Å². The molecule has 0 bridgehead atoms. The number of thiophene rings is 1. The van der Waals surface area contributed by atoms with Gasteiger partial charge in [0.15, 0.2) is 0 Å². The Hall–Kier alpha value is -1.89. The quantitative estimate of drug-likeness (QED) is 0.872. The van der Waals surface area contributed by atoms with E-state index < -0.39 is 11.4 Å². The third-order valence-corrected chi connectivity index (χ3v) is 4.62. The first-order valence-corrected chi connectivity index (χ1v) is 7.03. The van der Waals surface area contributed by atoms with Crippen molar-refractivity contribution in [3.05, 3.63) is 21.9 Å². The van der Waals surface area contributed by atoms with Crippen LogP contribution in [0.2, 0.25) is 0 Å². The minimum atomic E-state index is -1.04. The first-order chi connectivity index (χ1) is 9.37. The van der Waals surface area contributed by atoms with E-state index in [1.165, 1.54) is 12.1 Å². The maximum atomic E-state index is 12.3. The van der Waals surface area contributed by atoms with Crippen LogP contribution in [0.15, 0.2) is 12.1 Å². The number of likely N-dealkylation sites (tertiary alicyclic amines) is 1. The molecular formula is C13H16N2O4S. The van der Waals surface area contributed by atoms with E-state index in [4.69, 9.17) is 5.11 Å². The highest BCUT2D eigenvalue weighted by atomic mass is 32.1. The normalized spacial score (nSPS) is 21.8. The Morgan fingerprint density at radius 2 is 2.00 bits per heavy atom. The van der Waals surface area contributed by atoms with Crippen LogP contribution in [0.4, 0.5) is 0 Å². The van der Waals surface area contributed by atoms with E-state index in [1.807, 2.05) is 6.92 Å². The molecule has 2 heterocycles. The second-order valence-electron chi connectivity index (χ2n) is 5.09. The number of nitrogens with one attached hydrogen (secondary N) is 1. The van der Waals surface area contributed by atoms with Crippen LogP contribution in [0.25, 0.3) is 0 Å². The molecule has 0 spiro atoms. The van der Waals surface area contributed by atoms with Crippen LogP contribution >= 0.6 is 11.3 Å². The molecule has 2 N–H and O–H groups in total. The summed E-state index contributed by atoms with van der Waals surface area (Å²) in [5, 5.41) is 11.5. The summed E-state index contributed by atoms with van der Waals surface area (Å²) in [5.41, 5.74) is -0.572. The average Bonchev–Trinajstić information content (AvgIpc) is 3.04. The summed E-state index contributed by atoms with van der Waals surface area (Å²) >= 11 is 0.959. The molecule has 0 aliphatic carbocycles. The molecular weight excluding hydrogens is 280 g/mol. The number of carboxylic acids is 1. The minimum absolute atomic E-state index is 0.0785. The van der Waals surface area contributed by atoms with Gasteiger partial charge in [-0.15, -0.1) is 11.3 Å². The zero-order valence-electron chi connectivity index (χ0n) is 11.3. The molecule has 1 aliphatic heterocycles. The number of hydrogen-bond acceptors (Lipinski definition) is 4. The molecule has 2 amide bonds. The van der Waals surface area contributed by atoms with Gasteiger partial charge in [-0.1, -0.05) is 0 Å². The molecule has 0 radical (unpaired) electrons. The van der Waals surface area contributed by atoms with Crippen LogP contribution in [-0.2, 0) is 4.79 Å². The summed E-state index contributed by atoms with van der Waals surface area (Å²) in [6.07, 6.45) is 0.607. The van der Waals surface area contributed by atoms with Crippen molar-refractivity contribution in [2.45, 2.75) is 13.3 Å². The largest absolute Gasteiger partial charge is 0.477 e. The number of carbonyl (C=O) groups is 3. The smallest absolute Gasteiger partial charge is 0.345 e. The number of carbonyl (C=O) groups excluding carboxylic acids is 2. The van der Waals surface area contributed by atoms with E-state index in [1.54, 1.807) is 11.9 Å². The zero-order chi connectivity index (χ0) is 14.9. The Morgan fingerprint density at radius 1 is 1.35 bits per heavy atom. The fraction of sp³-hybridized carbons (Fsp3) is 0.462. The topological polar surface area (TPSA) is 86.7 Å². The lowest BCUT2D eigenvalue weighted by Gasteiger charge is -2.22. The van der Waals surface area contributed by atoms with Crippen molar-refractivity contribution in [2.24, 2.45) is 5.41 Å². The van der Waals surface area contributed by atoms with Gasteiger partial charge < -0.3 is 15.3 Å². The molecule has 0 aromatic carbocycles. The van der Waals surface area contributed by atoms with Crippen LogP contribution in [-0.4, -0.2) is 47.9 Å². The van der Waals surface area contributed by atoms with Crippen molar-refractivity contribution in [2.75, 3.05) is 20.1 Å². The van der Waals surface area contributed by atoms with E-state index in [0.717, 1.165) is 11.3 Å². The average molecular weight is 296 g/mol. The fourth-order valence-corrected chi connectivity index (χ4v) is 3.16. The highest BCUT2D eigenvalue weighted by Crippen LogP contribution is 2.31. The van der Waals surface area contributed by atoms with E-state index in [-0.39, 0.29) is 16.7 Å². The molecule has 2 rings (SSSR count). The van der Waals surface area contributed by atoms with Crippen LogP contribution < -0.4 is 5.32 Å². The standard InChI is InChI=1S/C13H16N2O4S/c1-13(12(19)14-2)5-6-15(7-13)10(16)8-3-4-9(20-8)11(17)18/h3-4H,5-7H2,1-2H3,(H,14,19)(H,17,18). The highest BCUT2D eigenvalue weighted by Gasteiger charge is 2.41. The van der Waals surface area contributed by atoms with Crippen molar-refractivity contribution in [3.63, 3.8) is 0 Å². The van der Waals surface area contributed by atoms with Crippen LogP contribution in [0, 0.1) is 5.41 Å². The van der Waals surface area contributed by atoms with Crippen molar-refractivity contribution in [1.82, 2.24) is 10.2 Å². The van der Waals surface area contributed by atoms with Gasteiger partial charge in [0.25, 0.3) is 5.91 Å². The summed E-state index contributed by atoms with van der Waals surface area (Å²) in [5.74, 6) is -1.33. The van der Waals surface area contributed by atoms with E-state index in [0.29, 0.717) is 24.4 Å². The van der Waals surface area contributed by atoms with Crippen LogP contribution in [0.1, 0.15) is 32.7 Å². The van der Waals surface area contributed by atoms with Crippen molar-refractivity contribution >= 4 is 29.1 Å². The van der Waals surface area contributed by atoms with Crippen LogP contribution in [0.3, 0.4) is 0 Å². The Kier molecular flexibility index (Phi) is 3.80. The summed E-state index contributed by atoms with van der Waals surface area (Å²) < 4.78 is 0. The van der Waals surface area contributed by atoms with E-state index >= 15 is 0 Å². The molecule has 6 nitrogen and oxygen atoms in total. The molecule has 20 heavy (non-hydrogen) atoms. The molecule has 0 saturated carbocycles. The lowest BCUT2D eigenvalue weighted by atomic mass is 9.89. The molecule has 108 valence electrons. The maximum absolute atomic E-state index is 12.3. The minimum Gasteiger partial charge on any atom is -0.477 e. The second-order valence-corrected chi connectivity index (χ2v) is 6.17. The summed E-state index contributed by atoms with van der Waals surface area (Å²) in [7, 11) is 1.58. The molecule has 1 aliphatic rings. The first-order valence-electron chi connectivity index (χ1n) is 6.22. The highest BCUT2D eigenvalue weighted by molar-refractivity contribution is 7.15. The van der Waals surface area contributed by atoms with Crippen molar-refractivity contribution in [1.29, 1.82) is 0 Å². The zero-order valence-corrected chi connectivity index (χ0v) is 12.1. The predicted octanol–water partition coefficient (Wildman–Crippen LogP) is 1.04. The van der Waals surface area contributed by atoms with Crippen molar-refractivity contribution in [3.8, 4) is 0 Å². The molecule has 1 fully saturated rings. The molecule has 1 saturated heterocycles. The summed E-state index contributed by atoms with van der Waals surface area (Å²) in [4.78, 5) is 37.1. The molecule has 7 heteroatoms. The predicted molar refractivity (Wildman–Crippen MR) is 74.0 cm³/mol. The van der Waals surface area contributed by atoms with Gasteiger partial charge in [0.2, 0.25) is 5.91 Å². The van der Waals surface area contributed by atoms with Crippen molar-refractivity contribution < 1.29 is 19.5 Å². The molecule has 1 unspecified atom stereocenters. The maximum Gasteiger partial charge on any atom is 0.345 e. The van der Waals surface area contributed by atoms with Gasteiger partial charge >= 0.3 is 5.97 Å². The third kappa shape index (κ3) is 2.53. The van der Waals surface area contributed by atoms with Crippen LogP contribution in [0.5, 0.6) is 0 Å². The van der Waals surface area contributed by atoms with E-state index in [2.05, 4.69) is 5.32 Å². The monoisotopic (exact) mass is 296 g/mol. The lowest BCUT2D eigenvalue weighted by Crippen LogP contribution is -2.40. The van der Waals surface area contributed by atoms with E-state index in [9.17, 15) is 14.4 Å². The number of nitrogens with zero attached hydrogens (tertiary/aromatic N) is 1. The fourth-order valence-electron chi connectivity index (χ4n) is 2.35. The Morgan fingerprint density at radius 3 is 2.55 bits per heavy atom. The lowest BCUT2D eigenvalue weighted by molar-refractivity contribution is -0.128. The SMILES string of the molecule is CNC(=O)C1(C)CCN(C(=O)c2ccc(C(=O)O)s2)C1. The van der Waals surface area contributed by atoms with Gasteiger partial charge in [-0.05, 0) is 25.5 Å². The Balaban J connectivity index is 2.11.